The summed E-state index contributed by atoms with van der Waals surface area (Å²) in [6, 6.07) is 5.08. The first-order valence-electron chi connectivity index (χ1n) is 18.5. The molecule has 4 aliphatic rings. The standard InChI is InChI=1S/C39H46N2O17/c1-17-18(2)33(48)57-32-28(56-34(49)22-11-12-24(45)41(8)14-22)30(47)38(16-52-19(3)42)29(46)27(54-20(4)43)25-31(55-21(5)44)39(38,37(32,7)51)58-36(25,6)15-53-35(50)23-10-9-13-40-26(17)23/h9-14,17-18,25,27-32,46-47,51H,15-16H2,1-8H3/t17-,18-,25+,27-,28+,29+,30-,31-,32-,36-,37-,38+,39-/m0/s1. The van der Waals surface area contributed by atoms with Gasteiger partial charge in [0, 0.05) is 52.2 Å². The fraction of sp³-hybridized carbons (Fsp3) is 0.590. The maximum absolute atomic E-state index is 14.3. The molecular formula is C39H46N2O17. The molecular weight excluding hydrogens is 768 g/mol. The third kappa shape index (κ3) is 6.34. The minimum Gasteiger partial charge on any atom is -0.465 e. The average molecular weight is 815 g/mol. The number of fused-ring (bicyclic) bond motifs is 5. The molecule has 0 unspecified atom stereocenters. The number of carbonyl (C=O) groups is 6. The highest BCUT2D eigenvalue weighted by atomic mass is 16.7. The van der Waals surface area contributed by atoms with Crippen LogP contribution in [0.3, 0.4) is 0 Å². The van der Waals surface area contributed by atoms with E-state index in [0.29, 0.717) is 0 Å². The molecule has 2 saturated carbocycles. The van der Waals surface area contributed by atoms with Crippen molar-refractivity contribution >= 4 is 35.8 Å². The Bertz CT molecular complexity index is 2100. The van der Waals surface area contributed by atoms with Gasteiger partial charge in [-0.05, 0) is 32.0 Å². The fourth-order valence-corrected chi connectivity index (χ4v) is 9.32. The summed E-state index contributed by atoms with van der Waals surface area (Å²) in [6.07, 6.45) is -10.2. The van der Waals surface area contributed by atoms with Gasteiger partial charge in [-0.15, -0.1) is 0 Å². The second-order valence-electron chi connectivity index (χ2n) is 15.8. The number of hydrogen-bond donors (Lipinski definition) is 3. The molecule has 0 aromatic carbocycles. The monoisotopic (exact) mass is 814 g/mol. The van der Waals surface area contributed by atoms with E-state index in [-0.39, 0.29) is 16.8 Å². The molecule has 1 spiro atoms. The van der Waals surface area contributed by atoms with Gasteiger partial charge in [0.25, 0.3) is 0 Å². The van der Waals surface area contributed by atoms with E-state index in [2.05, 4.69) is 4.98 Å². The van der Waals surface area contributed by atoms with E-state index in [1.165, 1.54) is 39.2 Å². The summed E-state index contributed by atoms with van der Waals surface area (Å²) in [5, 5.41) is 38.8. The van der Waals surface area contributed by atoms with Gasteiger partial charge in [0.05, 0.1) is 34.1 Å². The Labute approximate surface area is 331 Å². The lowest BCUT2D eigenvalue weighted by Gasteiger charge is -2.67. The van der Waals surface area contributed by atoms with Gasteiger partial charge in [-0.3, -0.25) is 29.0 Å². The van der Waals surface area contributed by atoms with Crippen LogP contribution < -0.4 is 5.56 Å². The van der Waals surface area contributed by atoms with Gasteiger partial charge in [0.15, 0.2) is 17.8 Å². The number of hydrogen-bond acceptors (Lipinski definition) is 18. The van der Waals surface area contributed by atoms with Crippen molar-refractivity contribution < 1.29 is 77.2 Å². The maximum Gasteiger partial charge on any atom is 0.340 e. The number of cyclic esters (lactones) is 1. The molecule has 19 nitrogen and oxygen atoms in total. The summed E-state index contributed by atoms with van der Waals surface area (Å²) in [4.78, 5) is 97.3. The first-order valence-corrected chi connectivity index (χ1v) is 18.5. The summed E-state index contributed by atoms with van der Waals surface area (Å²) in [5.41, 5.74) is -10.9. The van der Waals surface area contributed by atoms with E-state index in [0.717, 1.165) is 50.6 Å². The molecule has 4 heterocycles. The van der Waals surface area contributed by atoms with Crippen LogP contribution in [0.2, 0.25) is 0 Å². The number of aliphatic hydroxyl groups excluding tert-OH is 2. The van der Waals surface area contributed by atoms with Crippen LogP contribution in [-0.2, 0) is 59.4 Å². The van der Waals surface area contributed by atoms with Crippen molar-refractivity contribution in [2.24, 2.45) is 24.3 Å². The van der Waals surface area contributed by atoms with Crippen molar-refractivity contribution in [1.82, 2.24) is 9.55 Å². The lowest BCUT2D eigenvalue weighted by molar-refractivity contribution is -0.385. The molecule has 2 aromatic heterocycles. The van der Waals surface area contributed by atoms with Crippen LogP contribution in [0.25, 0.3) is 0 Å². The second kappa shape index (κ2) is 14.9. The highest BCUT2D eigenvalue weighted by molar-refractivity contribution is 5.91. The molecule has 314 valence electrons. The van der Waals surface area contributed by atoms with Crippen molar-refractivity contribution in [1.29, 1.82) is 0 Å². The summed E-state index contributed by atoms with van der Waals surface area (Å²) in [6.45, 7) is 6.64. The lowest BCUT2D eigenvalue weighted by atomic mass is 9.45. The molecule has 4 bridgehead atoms. The molecule has 6 rings (SSSR count). The minimum absolute atomic E-state index is 0.0431. The molecule has 2 aliphatic heterocycles. The number of esters is 6. The molecule has 13 atom stereocenters. The van der Waals surface area contributed by atoms with Gasteiger partial charge in [0.1, 0.15) is 48.8 Å². The number of aliphatic hydroxyl groups is 3. The summed E-state index contributed by atoms with van der Waals surface area (Å²) in [7, 11) is 1.36. The van der Waals surface area contributed by atoms with Crippen LogP contribution in [0, 0.1) is 17.3 Å². The van der Waals surface area contributed by atoms with E-state index >= 15 is 0 Å². The van der Waals surface area contributed by atoms with E-state index in [1.807, 2.05) is 0 Å². The Hall–Kier alpha value is -5.24. The van der Waals surface area contributed by atoms with Crippen LogP contribution in [0.5, 0.6) is 0 Å². The van der Waals surface area contributed by atoms with Gasteiger partial charge in [-0.2, -0.15) is 0 Å². The zero-order chi connectivity index (χ0) is 42.9. The van der Waals surface area contributed by atoms with Gasteiger partial charge in [-0.25, -0.2) is 9.59 Å². The number of aryl methyl sites for hydroxylation is 1. The Kier molecular flexibility index (Phi) is 10.8. The van der Waals surface area contributed by atoms with Crippen molar-refractivity contribution in [2.75, 3.05) is 13.2 Å². The molecule has 3 N–H and O–H groups in total. The number of pyridine rings is 2. The highest BCUT2D eigenvalue weighted by Gasteiger charge is 2.90. The van der Waals surface area contributed by atoms with E-state index in [4.69, 9.17) is 33.2 Å². The molecule has 3 fully saturated rings. The highest BCUT2D eigenvalue weighted by Crippen LogP contribution is 2.69. The number of aromatic nitrogens is 2. The first kappa shape index (κ1) is 42.4. The molecule has 2 aromatic rings. The van der Waals surface area contributed by atoms with Crippen LogP contribution in [0.1, 0.15) is 80.8 Å². The minimum atomic E-state index is -2.85. The smallest absolute Gasteiger partial charge is 0.340 e. The number of ether oxygens (including phenoxy) is 7. The zero-order valence-corrected chi connectivity index (χ0v) is 33.0. The quantitative estimate of drug-likeness (QED) is 0.254. The number of carbonyl (C=O) groups excluding carboxylic acids is 6. The van der Waals surface area contributed by atoms with E-state index in [1.54, 1.807) is 6.92 Å². The first-order chi connectivity index (χ1) is 27.0. The third-order valence-electron chi connectivity index (χ3n) is 12.2. The molecule has 0 radical (unpaired) electrons. The van der Waals surface area contributed by atoms with Gasteiger partial charge >= 0.3 is 35.8 Å². The molecule has 0 amide bonds. The third-order valence-corrected chi connectivity index (χ3v) is 12.2. The van der Waals surface area contributed by atoms with Gasteiger partial charge in [0.2, 0.25) is 5.56 Å². The summed E-state index contributed by atoms with van der Waals surface area (Å²) in [5.74, 6) is -9.73. The van der Waals surface area contributed by atoms with E-state index < -0.39 is 131 Å². The Morgan fingerprint density at radius 3 is 2.19 bits per heavy atom. The molecule has 58 heavy (non-hydrogen) atoms. The van der Waals surface area contributed by atoms with Crippen LogP contribution >= 0.6 is 0 Å². The van der Waals surface area contributed by atoms with Crippen molar-refractivity contribution in [2.45, 2.75) is 108 Å². The van der Waals surface area contributed by atoms with Crippen molar-refractivity contribution in [3.8, 4) is 0 Å². The number of nitrogens with zero attached hydrogens (tertiary/aromatic N) is 2. The Balaban J connectivity index is 1.69. The largest absolute Gasteiger partial charge is 0.465 e. The van der Waals surface area contributed by atoms with E-state index in [9.17, 15) is 48.9 Å². The van der Waals surface area contributed by atoms with Gasteiger partial charge < -0.3 is 53.0 Å². The zero-order valence-electron chi connectivity index (χ0n) is 33.0. The van der Waals surface area contributed by atoms with Crippen LogP contribution in [-0.4, -0.2) is 127 Å². The molecule has 19 heteroatoms. The Morgan fingerprint density at radius 1 is 0.914 bits per heavy atom. The Morgan fingerprint density at radius 2 is 1.57 bits per heavy atom. The average Bonchev–Trinajstić information content (AvgIpc) is 3.37. The summed E-state index contributed by atoms with van der Waals surface area (Å²) >= 11 is 0. The normalized spacial score (nSPS) is 37.9. The summed E-state index contributed by atoms with van der Waals surface area (Å²) < 4.78 is 42.9. The van der Waals surface area contributed by atoms with Crippen molar-refractivity contribution in [3.63, 3.8) is 0 Å². The van der Waals surface area contributed by atoms with Crippen LogP contribution in [0.4, 0.5) is 0 Å². The topological polar surface area (TPSA) is 263 Å². The lowest BCUT2D eigenvalue weighted by Crippen LogP contribution is -2.88. The van der Waals surface area contributed by atoms with Gasteiger partial charge in [-0.1, -0.05) is 13.8 Å². The van der Waals surface area contributed by atoms with Crippen LogP contribution in [0.15, 0.2) is 41.5 Å². The fourth-order valence-electron chi connectivity index (χ4n) is 9.32. The second-order valence-corrected chi connectivity index (χ2v) is 15.8. The molecule has 2 aliphatic carbocycles. The maximum atomic E-state index is 14.3. The predicted molar refractivity (Wildman–Crippen MR) is 191 cm³/mol. The molecule has 1 saturated heterocycles. The predicted octanol–water partition coefficient (Wildman–Crippen LogP) is -0.115. The van der Waals surface area contributed by atoms with Crippen molar-refractivity contribution in [3.05, 3.63) is 63.8 Å². The SMILES string of the molecule is CC(=O)OC[C@]12[C@H](O)[C@@H](OC(C)=O)[C@@H]3[C@H](OC(C)=O)[C@@]14O[C@@]3(C)COC(=O)c1cccnc1[C@@H](C)[C@H](C)C(=O)O[C@@H]([C@H](OC(=O)c1ccc(=O)n(C)c1)[C@@H]2O)[C@]4(C)O. The number of rotatable bonds is 6.